The first-order chi connectivity index (χ1) is 10.8. The topological polar surface area (TPSA) is 40.1 Å². The van der Waals surface area contributed by atoms with Crippen LogP contribution in [0.3, 0.4) is 0 Å². The van der Waals surface area contributed by atoms with Crippen molar-refractivity contribution in [3.63, 3.8) is 0 Å². The average Bonchev–Trinajstić information content (AvgIpc) is 2.97. The molecule has 4 fully saturated rings. The van der Waals surface area contributed by atoms with Crippen molar-refractivity contribution >= 4 is 5.96 Å². The summed E-state index contributed by atoms with van der Waals surface area (Å²) in [6, 6.07) is 0.921. The summed E-state index contributed by atoms with van der Waals surface area (Å²) in [5.41, 5.74) is 0.410. The number of guanidine groups is 1. The number of likely N-dealkylation sites (tertiary alicyclic amines) is 2. The second-order valence-corrected chi connectivity index (χ2v) is 7.78. The average molecular weight is 306 g/mol. The SMILES string of the molecule is CN=C(NCC1CCN(C2CC2)C1)N1CCC2(CCOC2)C1. The quantitative estimate of drug-likeness (QED) is 0.627. The van der Waals surface area contributed by atoms with Gasteiger partial charge in [-0.15, -0.1) is 0 Å². The molecule has 0 bridgehead atoms. The van der Waals surface area contributed by atoms with E-state index in [1.54, 1.807) is 0 Å². The predicted molar refractivity (Wildman–Crippen MR) is 88.1 cm³/mol. The second kappa shape index (κ2) is 6.00. The third kappa shape index (κ3) is 2.98. The van der Waals surface area contributed by atoms with Crippen LogP contribution < -0.4 is 5.32 Å². The van der Waals surface area contributed by atoms with Gasteiger partial charge in [0.25, 0.3) is 0 Å². The molecule has 2 atom stereocenters. The molecule has 4 aliphatic rings. The fourth-order valence-corrected chi connectivity index (χ4v) is 4.46. The van der Waals surface area contributed by atoms with E-state index in [4.69, 9.17) is 4.74 Å². The van der Waals surface area contributed by atoms with Crippen LogP contribution in [0.25, 0.3) is 0 Å². The van der Waals surface area contributed by atoms with Crippen molar-refractivity contribution in [1.29, 1.82) is 0 Å². The van der Waals surface area contributed by atoms with Crippen LogP contribution in [0.1, 0.15) is 32.1 Å². The number of rotatable bonds is 3. The lowest BCUT2D eigenvalue weighted by Gasteiger charge is -2.25. The van der Waals surface area contributed by atoms with E-state index in [0.717, 1.165) is 50.8 Å². The Morgan fingerprint density at radius 3 is 2.91 bits per heavy atom. The zero-order valence-corrected chi connectivity index (χ0v) is 13.9. The summed E-state index contributed by atoms with van der Waals surface area (Å²) in [6.45, 7) is 7.80. The summed E-state index contributed by atoms with van der Waals surface area (Å²) in [4.78, 5) is 9.67. The highest BCUT2D eigenvalue weighted by atomic mass is 16.5. The molecular formula is C17H30N4O. The number of ether oxygens (including phenoxy) is 1. The van der Waals surface area contributed by atoms with Gasteiger partial charge in [0.2, 0.25) is 0 Å². The van der Waals surface area contributed by atoms with Crippen molar-refractivity contribution in [2.24, 2.45) is 16.3 Å². The zero-order chi connectivity index (χ0) is 15.0. The molecule has 1 saturated carbocycles. The number of aliphatic imine (C=N–C) groups is 1. The molecule has 124 valence electrons. The van der Waals surface area contributed by atoms with Crippen LogP contribution >= 0.6 is 0 Å². The molecule has 0 radical (unpaired) electrons. The minimum Gasteiger partial charge on any atom is -0.381 e. The summed E-state index contributed by atoms with van der Waals surface area (Å²) < 4.78 is 5.63. The zero-order valence-electron chi connectivity index (χ0n) is 13.9. The van der Waals surface area contributed by atoms with Gasteiger partial charge >= 0.3 is 0 Å². The van der Waals surface area contributed by atoms with Crippen molar-refractivity contribution in [2.75, 3.05) is 53.0 Å². The second-order valence-electron chi connectivity index (χ2n) is 7.78. The van der Waals surface area contributed by atoms with Gasteiger partial charge in [-0.3, -0.25) is 4.99 Å². The van der Waals surface area contributed by atoms with E-state index in [-0.39, 0.29) is 0 Å². The molecule has 0 aromatic heterocycles. The molecule has 22 heavy (non-hydrogen) atoms. The first kappa shape index (κ1) is 14.8. The van der Waals surface area contributed by atoms with Gasteiger partial charge in [-0.1, -0.05) is 0 Å². The smallest absolute Gasteiger partial charge is 0.193 e. The van der Waals surface area contributed by atoms with E-state index in [0.29, 0.717) is 5.41 Å². The van der Waals surface area contributed by atoms with E-state index < -0.39 is 0 Å². The molecule has 1 spiro atoms. The highest BCUT2D eigenvalue weighted by Gasteiger charge is 2.42. The Kier molecular flexibility index (Phi) is 4.03. The lowest BCUT2D eigenvalue weighted by Crippen LogP contribution is -2.43. The molecule has 0 aromatic carbocycles. The molecule has 0 amide bonds. The van der Waals surface area contributed by atoms with Crippen molar-refractivity contribution < 1.29 is 4.74 Å². The Hall–Kier alpha value is -0.810. The summed E-state index contributed by atoms with van der Waals surface area (Å²) in [5, 5.41) is 3.65. The Balaban J connectivity index is 1.26. The maximum atomic E-state index is 5.63. The van der Waals surface area contributed by atoms with E-state index >= 15 is 0 Å². The van der Waals surface area contributed by atoms with Crippen molar-refractivity contribution in [3.05, 3.63) is 0 Å². The molecule has 5 heteroatoms. The van der Waals surface area contributed by atoms with Gasteiger partial charge in [-0.25, -0.2) is 0 Å². The first-order valence-corrected chi connectivity index (χ1v) is 9.05. The highest BCUT2D eigenvalue weighted by molar-refractivity contribution is 5.80. The molecule has 1 aliphatic carbocycles. The predicted octanol–water partition coefficient (Wildman–Crippen LogP) is 1.16. The Labute approximate surface area is 134 Å². The van der Waals surface area contributed by atoms with Crippen LogP contribution in [-0.2, 0) is 4.74 Å². The van der Waals surface area contributed by atoms with Gasteiger partial charge in [0.1, 0.15) is 0 Å². The van der Waals surface area contributed by atoms with Crippen molar-refractivity contribution in [2.45, 2.75) is 38.1 Å². The molecule has 1 N–H and O–H groups in total. The van der Waals surface area contributed by atoms with E-state index in [1.165, 1.54) is 45.2 Å². The summed E-state index contributed by atoms with van der Waals surface area (Å²) in [7, 11) is 1.92. The van der Waals surface area contributed by atoms with Gasteiger partial charge in [0.15, 0.2) is 5.96 Å². The molecular weight excluding hydrogens is 276 g/mol. The Morgan fingerprint density at radius 2 is 2.18 bits per heavy atom. The molecule has 5 nitrogen and oxygen atoms in total. The summed E-state index contributed by atoms with van der Waals surface area (Å²) >= 11 is 0. The standard InChI is InChI=1S/C17H30N4O/c1-18-16(21-8-5-17(12-21)6-9-22-13-17)19-10-14-4-7-20(11-14)15-2-3-15/h14-15H,2-13H2,1H3,(H,18,19). The number of hydrogen-bond acceptors (Lipinski definition) is 3. The normalized spacial score (nSPS) is 36.7. The first-order valence-electron chi connectivity index (χ1n) is 9.05. The molecule has 3 aliphatic heterocycles. The van der Waals surface area contributed by atoms with Gasteiger partial charge in [0.05, 0.1) is 6.61 Å². The van der Waals surface area contributed by atoms with Crippen LogP contribution in [0.15, 0.2) is 4.99 Å². The maximum absolute atomic E-state index is 5.63. The summed E-state index contributed by atoms with van der Waals surface area (Å²) in [5.74, 6) is 1.90. The maximum Gasteiger partial charge on any atom is 0.193 e. The van der Waals surface area contributed by atoms with Crippen LogP contribution in [-0.4, -0.2) is 74.8 Å². The molecule has 4 rings (SSSR count). The minimum absolute atomic E-state index is 0.410. The van der Waals surface area contributed by atoms with Crippen LogP contribution in [0, 0.1) is 11.3 Å². The van der Waals surface area contributed by atoms with E-state index in [2.05, 4.69) is 20.1 Å². The fraction of sp³-hybridized carbons (Fsp3) is 0.941. The Morgan fingerprint density at radius 1 is 1.27 bits per heavy atom. The number of nitrogens with zero attached hydrogens (tertiary/aromatic N) is 3. The van der Waals surface area contributed by atoms with E-state index in [1.807, 2.05) is 7.05 Å². The fourth-order valence-electron chi connectivity index (χ4n) is 4.46. The van der Waals surface area contributed by atoms with Crippen LogP contribution in [0.2, 0.25) is 0 Å². The largest absolute Gasteiger partial charge is 0.381 e. The third-order valence-electron chi connectivity index (χ3n) is 6.06. The van der Waals surface area contributed by atoms with Crippen molar-refractivity contribution in [1.82, 2.24) is 15.1 Å². The molecule has 3 heterocycles. The van der Waals surface area contributed by atoms with Crippen LogP contribution in [0.5, 0.6) is 0 Å². The minimum atomic E-state index is 0.410. The third-order valence-corrected chi connectivity index (χ3v) is 6.06. The van der Waals surface area contributed by atoms with Crippen LogP contribution in [0.4, 0.5) is 0 Å². The molecule has 2 unspecified atom stereocenters. The van der Waals surface area contributed by atoms with Gasteiger partial charge in [-0.2, -0.15) is 0 Å². The van der Waals surface area contributed by atoms with Gasteiger partial charge < -0.3 is 19.9 Å². The van der Waals surface area contributed by atoms with Crippen molar-refractivity contribution in [3.8, 4) is 0 Å². The number of hydrogen-bond donors (Lipinski definition) is 1. The monoisotopic (exact) mass is 306 g/mol. The molecule has 0 aromatic rings. The van der Waals surface area contributed by atoms with E-state index in [9.17, 15) is 0 Å². The van der Waals surface area contributed by atoms with Gasteiger partial charge in [0, 0.05) is 51.3 Å². The molecule has 3 saturated heterocycles. The highest BCUT2D eigenvalue weighted by Crippen LogP contribution is 2.38. The lowest BCUT2D eigenvalue weighted by molar-refractivity contribution is 0.156. The number of nitrogens with one attached hydrogen (secondary N) is 1. The summed E-state index contributed by atoms with van der Waals surface area (Å²) in [6.07, 6.45) is 6.68. The van der Waals surface area contributed by atoms with Gasteiger partial charge in [-0.05, 0) is 44.6 Å². The Bertz CT molecular complexity index is 428. The lowest BCUT2D eigenvalue weighted by atomic mass is 9.87.